The molecular weight excluding hydrogens is 265 g/mol. The molecule has 6 heteroatoms. The van der Waals surface area contributed by atoms with Gasteiger partial charge in [0, 0.05) is 30.6 Å². The number of carboxylic acids is 1. The molecule has 0 aromatic heterocycles. The summed E-state index contributed by atoms with van der Waals surface area (Å²) < 4.78 is 18.0. The Morgan fingerprint density at radius 1 is 1.40 bits per heavy atom. The topological polar surface area (TPSA) is 78.5 Å². The second-order valence-electron chi connectivity index (χ2n) is 4.74. The number of ether oxygens (including phenoxy) is 1. The lowest BCUT2D eigenvalue weighted by Gasteiger charge is -2.23. The van der Waals surface area contributed by atoms with Crippen LogP contribution in [0.5, 0.6) is 0 Å². The zero-order chi connectivity index (χ0) is 14.5. The number of carbonyl (C=O) groups excluding carboxylic acids is 2. The molecule has 0 radical (unpaired) electrons. The number of carbonyl (C=O) groups is 2. The van der Waals surface area contributed by atoms with Crippen LogP contribution in [0.4, 0.5) is 10.1 Å². The molecule has 20 heavy (non-hydrogen) atoms. The molecule has 2 rings (SSSR count). The van der Waals surface area contributed by atoms with Gasteiger partial charge in [0.15, 0.2) is 0 Å². The highest BCUT2D eigenvalue weighted by molar-refractivity contribution is 5.93. The number of hydrogen-bond donors (Lipinski definition) is 1. The first kappa shape index (κ1) is 14.5. The molecule has 1 aliphatic heterocycles. The molecule has 1 heterocycles. The number of anilines is 1. The molecule has 1 aliphatic rings. The third-order valence-corrected chi connectivity index (χ3v) is 3.25. The van der Waals surface area contributed by atoms with Crippen molar-refractivity contribution in [2.45, 2.75) is 25.4 Å². The van der Waals surface area contributed by atoms with E-state index in [4.69, 9.17) is 4.74 Å². The van der Waals surface area contributed by atoms with E-state index in [0.29, 0.717) is 18.7 Å². The molecule has 1 aromatic rings. The van der Waals surface area contributed by atoms with E-state index in [0.717, 1.165) is 6.42 Å². The van der Waals surface area contributed by atoms with Crippen molar-refractivity contribution in [3.05, 3.63) is 30.1 Å². The maximum Gasteiger partial charge on any atom is 0.225 e. The van der Waals surface area contributed by atoms with Crippen LogP contribution in [-0.4, -0.2) is 24.6 Å². The molecule has 1 amide bonds. The van der Waals surface area contributed by atoms with Crippen LogP contribution in [0.25, 0.3) is 0 Å². The van der Waals surface area contributed by atoms with Crippen LogP contribution in [0.3, 0.4) is 0 Å². The molecule has 0 bridgehead atoms. The quantitative estimate of drug-likeness (QED) is 0.861. The first-order valence-electron chi connectivity index (χ1n) is 6.44. The van der Waals surface area contributed by atoms with E-state index < -0.39 is 29.7 Å². The molecule has 0 saturated carbocycles. The molecule has 1 N–H and O–H groups in total. The molecular formula is C14H15FNO4-. The number of halogens is 1. The van der Waals surface area contributed by atoms with Crippen LogP contribution < -0.4 is 10.4 Å². The minimum atomic E-state index is -1.29. The Bertz CT molecular complexity index is 482. The summed E-state index contributed by atoms with van der Waals surface area (Å²) in [5.41, 5.74) is 0.417. The number of carboxylic acid groups (broad SMARTS) is 1. The molecule has 108 valence electrons. The lowest BCUT2D eigenvalue weighted by Crippen LogP contribution is -2.40. The van der Waals surface area contributed by atoms with E-state index >= 15 is 0 Å². The number of aliphatic carboxylic acids is 1. The van der Waals surface area contributed by atoms with Gasteiger partial charge in [0.25, 0.3) is 0 Å². The highest BCUT2D eigenvalue weighted by Crippen LogP contribution is 2.23. The monoisotopic (exact) mass is 280 g/mol. The summed E-state index contributed by atoms with van der Waals surface area (Å²) in [6.45, 7) is 0.508. The normalized spacial score (nSPS) is 19.6. The Balaban J connectivity index is 1.94. The van der Waals surface area contributed by atoms with Crippen molar-refractivity contribution in [2.75, 3.05) is 11.9 Å². The first-order chi connectivity index (χ1) is 9.56. The van der Waals surface area contributed by atoms with Gasteiger partial charge in [-0.15, -0.1) is 0 Å². The maximum absolute atomic E-state index is 12.7. The van der Waals surface area contributed by atoms with Crippen LogP contribution >= 0.6 is 0 Å². The largest absolute Gasteiger partial charge is 0.550 e. The second kappa shape index (κ2) is 6.47. The van der Waals surface area contributed by atoms with E-state index in [1.165, 1.54) is 24.3 Å². The van der Waals surface area contributed by atoms with Crippen molar-refractivity contribution >= 4 is 17.6 Å². The van der Waals surface area contributed by atoms with E-state index in [1.807, 2.05) is 0 Å². The average Bonchev–Trinajstić information content (AvgIpc) is 2.92. The van der Waals surface area contributed by atoms with Gasteiger partial charge < -0.3 is 20.0 Å². The first-order valence-corrected chi connectivity index (χ1v) is 6.44. The fourth-order valence-electron chi connectivity index (χ4n) is 2.23. The van der Waals surface area contributed by atoms with Gasteiger partial charge in [0.05, 0.1) is 6.10 Å². The van der Waals surface area contributed by atoms with Crippen molar-refractivity contribution in [3.8, 4) is 0 Å². The molecule has 1 saturated heterocycles. The fourth-order valence-corrected chi connectivity index (χ4v) is 2.23. The van der Waals surface area contributed by atoms with Crippen LogP contribution in [0.2, 0.25) is 0 Å². The standard InChI is InChI=1S/C14H16FNO4/c15-9-3-5-10(6-4-9)16-13(17)8-11(14(18)19)12-2-1-7-20-12/h3-6,11-12H,1-2,7-8H2,(H,16,17)(H,18,19)/p-1/t11-,12-/m1/s1. The highest BCUT2D eigenvalue weighted by Gasteiger charge is 2.28. The minimum Gasteiger partial charge on any atom is -0.550 e. The summed E-state index contributed by atoms with van der Waals surface area (Å²) in [6, 6.07) is 5.25. The zero-order valence-electron chi connectivity index (χ0n) is 10.8. The van der Waals surface area contributed by atoms with Crippen LogP contribution in [0.15, 0.2) is 24.3 Å². The Kier molecular flexibility index (Phi) is 4.68. The molecule has 0 aliphatic carbocycles. The molecule has 1 fully saturated rings. The molecule has 2 atom stereocenters. The smallest absolute Gasteiger partial charge is 0.225 e. The van der Waals surface area contributed by atoms with E-state index in [1.54, 1.807) is 0 Å². The van der Waals surface area contributed by atoms with Crippen molar-refractivity contribution in [2.24, 2.45) is 5.92 Å². The number of benzene rings is 1. The third-order valence-electron chi connectivity index (χ3n) is 3.25. The van der Waals surface area contributed by atoms with Gasteiger partial charge in [0.1, 0.15) is 5.82 Å². The van der Waals surface area contributed by atoms with Gasteiger partial charge in [-0.25, -0.2) is 4.39 Å². The van der Waals surface area contributed by atoms with Gasteiger partial charge in [-0.1, -0.05) is 0 Å². The number of rotatable bonds is 5. The van der Waals surface area contributed by atoms with E-state index in [9.17, 15) is 19.1 Å². The Labute approximate surface area is 115 Å². The third kappa shape index (κ3) is 3.77. The molecule has 0 spiro atoms. The lowest BCUT2D eigenvalue weighted by molar-refractivity contribution is -0.314. The highest BCUT2D eigenvalue weighted by atomic mass is 19.1. The average molecular weight is 280 g/mol. The molecule has 1 aromatic carbocycles. The Morgan fingerprint density at radius 3 is 2.65 bits per heavy atom. The van der Waals surface area contributed by atoms with Crippen LogP contribution in [0.1, 0.15) is 19.3 Å². The number of hydrogen-bond acceptors (Lipinski definition) is 4. The van der Waals surface area contributed by atoms with Gasteiger partial charge in [-0.05, 0) is 37.1 Å². The summed E-state index contributed by atoms with van der Waals surface area (Å²) in [6.07, 6.45) is 0.708. The van der Waals surface area contributed by atoms with Crippen LogP contribution in [0, 0.1) is 11.7 Å². The number of amides is 1. The van der Waals surface area contributed by atoms with Crippen molar-refractivity contribution in [3.63, 3.8) is 0 Å². The van der Waals surface area contributed by atoms with E-state index in [-0.39, 0.29) is 6.42 Å². The molecule has 0 unspecified atom stereocenters. The van der Waals surface area contributed by atoms with Gasteiger partial charge in [-0.2, -0.15) is 0 Å². The summed E-state index contributed by atoms with van der Waals surface area (Å²) in [5, 5.41) is 13.6. The Morgan fingerprint density at radius 2 is 2.10 bits per heavy atom. The second-order valence-corrected chi connectivity index (χ2v) is 4.74. The van der Waals surface area contributed by atoms with Crippen molar-refractivity contribution in [1.82, 2.24) is 0 Å². The van der Waals surface area contributed by atoms with Gasteiger partial charge in [0.2, 0.25) is 5.91 Å². The summed E-state index contributed by atoms with van der Waals surface area (Å²) in [7, 11) is 0. The number of nitrogens with one attached hydrogen (secondary N) is 1. The molecule has 5 nitrogen and oxygen atoms in total. The minimum absolute atomic E-state index is 0.218. The summed E-state index contributed by atoms with van der Waals surface area (Å²) in [5.74, 6) is -3.11. The SMILES string of the molecule is O=C(C[C@@H](C(=O)[O-])[C@H]1CCCO1)Nc1ccc(F)cc1. The van der Waals surface area contributed by atoms with Gasteiger partial charge >= 0.3 is 0 Å². The van der Waals surface area contributed by atoms with E-state index in [2.05, 4.69) is 5.32 Å². The van der Waals surface area contributed by atoms with Gasteiger partial charge in [-0.3, -0.25) is 4.79 Å². The fraction of sp³-hybridized carbons (Fsp3) is 0.429. The predicted octanol–water partition coefficient (Wildman–Crippen LogP) is 0.699. The zero-order valence-corrected chi connectivity index (χ0v) is 10.8. The van der Waals surface area contributed by atoms with Crippen LogP contribution in [-0.2, 0) is 14.3 Å². The summed E-state index contributed by atoms with van der Waals surface area (Å²) in [4.78, 5) is 22.9. The van der Waals surface area contributed by atoms with Crippen molar-refractivity contribution < 1.29 is 23.8 Å². The predicted molar refractivity (Wildman–Crippen MR) is 67.1 cm³/mol. The maximum atomic E-state index is 12.7. The lowest BCUT2D eigenvalue weighted by atomic mass is 9.96. The Hall–Kier alpha value is -1.95. The summed E-state index contributed by atoms with van der Waals surface area (Å²) >= 11 is 0. The van der Waals surface area contributed by atoms with Crippen molar-refractivity contribution in [1.29, 1.82) is 0 Å².